The highest BCUT2D eigenvalue weighted by Crippen LogP contribution is 2.19. The summed E-state index contributed by atoms with van der Waals surface area (Å²) >= 11 is 6.30. The van der Waals surface area contributed by atoms with E-state index in [9.17, 15) is 18.8 Å². The fourth-order valence-corrected chi connectivity index (χ4v) is 4.43. The highest BCUT2D eigenvalue weighted by atomic mass is 35.5. The number of carbonyl (C=O) groups is 2. The van der Waals surface area contributed by atoms with Crippen LogP contribution in [0.25, 0.3) is 11.0 Å². The maximum atomic E-state index is 13.8. The Balaban J connectivity index is 1.65. The molecule has 0 fully saturated rings. The molecule has 0 saturated heterocycles. The molecule has 202 valence electrons. The molecule has 0 unspecified atom stereocenters. The Labute approximate surface area is 231 Å². The average Bonchev–Trinajstić information content (AvgIpc) is 2.93. The van der Waals surface area contributed by atoms with E-state index in [-0.39, 0.29) is 36.9 Å². The summed E-state index contributed by atoms with van der Waals surface area (Å²) in [5.41, 5.74) is 1.51. The average molecular weight is 549 g/mol. The van der Waals surface area contributed by atoms with Gasteiger partial charge < -0.3 is 14.2 Å². The third kappa shape index (κ3) is 7.12. The molecule has 0 saturated carbocycles. The number of fused-ring (bicyclic) bond motifs is 1. The van der Waals surface area contributed by atoms with Crippen LogP contribution in [0.1, 0.15) is 41.8 Å². The third-order valence-electron chi connectivity index (χ3n) is 6.45. The summed E-state index contributed by atoms with van der Waals surface area (Å²) in [5.74, 6) is -0.797. The van der Waals surface area contributed by atoms with Crippen molar-refractivity contribution in [2.45, 2.75) is 33.4 Å². The molecule has 8 heteroatoms. The van der Waals surface area contributed by atoms with Gasteiger partial charge in [0.05, 0.1) is 34.3 Å². The molecule has 2 amide bonds. The first-order valence-corrected chi connectivity index (χ1v) is 13.2. The van der Waals surface area contributed by atoms with E-state index in [2.05, 4.69) is 0 Å². The fourth-order valence-electron chi connectivity index (χ4n) is 4.21. The Hall–Kier alpha value is -3.97. The molecule has 0 aliphatic carbocycles. The molecule has 0 radical (unpaired) electrons. The largest absolute Gasteiger partial charge is 0.464 e. The van der Waals surface area contributed by atoms with Gasteiger partial charge in [-0.15, -0.1) is 0 Å². The second-order valence-corrected chi connectivity index (χ2v) is 10.3. The molecule has 3 aromatic carbocycles. The first-order chi connectivity index (χ1) is 18.7. The molecular weight excluding hydrogens is 519 g/mol. The molecule has 6 nitrogen and oxygen atoms in total. The van der Waals surface area contributed by atoms with Crippen molar-refractivity contribution >= 4 is 34.4 Å². The van der Waals surface area contributed by atoms with Gasteiger partial charge in [0.1, 0.15) is 17.9 Å². The number of hydrogen-bond donors (Lipinski definition) is 0. The molecule has 0 aliphatic heterocycles. The maximum absolute atomic E-state index is 13.8. The Kier molecular flexibility index (Phi) is 9.15. The van der Waals surface area contributed by atoms with Gasteiger partial charge in [-0.2, -0.15) is 0 Å². The number of hydrogen-bond acceptors (Lipinski definition) is 4. The van der Waals surface area contributed by atoms with Crippen molar-refractivity contribution in [2.75, 3.05) is 13.1 Å². The van der Waals surface area contributed by atoms with Crippen molar-refractivity contribution < 1.29 is 18.4 Å². The monoisotopic (exact) mass is 548 g/mol. The zero-order valence-corrected chi connectivity index (χ0v) is 22.7. The quantitative estimate of drug-likeness (QED) is 0.233. The summed E-state index contributed by atoms with van der Waals surface area (Å²) < 4.78 is 19.2. The van der Waals surface area contributed by atoms with Crippen LogP contribution < -0.4 is 5.43 Å². The van der Waals surface area contributed by atoms with E-state index in [1.807, 2.05) is 13.8 Å². The Morgan fingerprint density at radius 2 is 1.62 bits per heavy atom. The zero-order chi connectivity index (χ0) is 27.9. The van der Waals surface area contributed by atoms with E-state index in [1.165, 1.54) is 28.2 Å². The van der Waals surface area contributed by atoms with Gasteiger partial charge >= 0.3 is 0 Å². The van der Waals surface area contributed by atoms with Crippen molar-refractivity contribution in [1.82, 2.24) is 9.80 Å². The lowest BCUT2D eigenvalue weighted by molar-refractivity contribution is -0.133. The number of benzene rings is 3. The minimum absolute atomic E-state index is 0.0400. The van der Waals surface area contributed by atoms with Gasteiger partial charge in [0, 0.05) is 13.1 Å². The van der Waals surface area contributed by atoms with Gasteiger partial charge in [-0.25, -0.2) is 4.39 Å². The number of carbonyl (C=O) groups excluding carboxylic acids is 2. The van der Waals surface area contributed by atoms with Crippen LogP contribution in [-0.2, 0) is 17.9 Å². The van der Waals surface area contributed by atoms with Gasteiger partial charge in [0.25, 0.3) is 5.91 Å². The molecule has 1 aromatic heterocycles. The third-order valence-corrected chi connectivity index (χ3v) is 6.78. The Bertz CT molecular complexity index is 1520. The number of rotatable bonds is 10. The molecule has 4 rings (SSSR count). The molecule has 0 spiro atoms. The van der Waals surface area contributed by atoms with Crippen LogP contribution in [0.5, 0.6) is 0 Å². The lowest BCUT2D eigenvalue weighted by atomic mass is 10.1. The summed E-state index contributed by atoms with van der Waals surface area (Å²) in [6, 6.07) is 19.4. The van der Waals surface area contributed by atoms with E-state index in [0.29, 0.717) is 51.6 Å². The van der Waals surface area contributed by atoms with Gasteiger partial charge in [0.2, 0.25) is 5.91 Å². The van der Waals surface area contributed by atoms with Crippen LogP contribution in [-0.4, -0.2) is 34.7 Å². The summed E-state index contributed by atoms with van der Waals surface area (Å²) in [6.07, 6.45) is 2.05. The van der Waals surface area contributed by atoms with Gasteiger partial charge in [-0.05, 0) is 54.3 Å². The summed E-state index contributed by atoms with van der Waals surface area (Å²) in [5, 5.41) is 0.720. The SMILES string of the molecule is CC(C)CCN(CC(=O)N(Cc1ccc(F)cc1)Cc1coc2ccccc2c1=O)C(=O)c1ccccc1Cl. The predicted molar refractivity (Wildman–Crippen MR) is 150 cm³/mol. The van der Waals surface area contributed by atoms with Gasteiger partial charge in [-0.1, -0.05) is 61.8 Å². The van der Waals surface area contributed by atoms with Crippen LogP contribution in [0.15, 0.2) is 88.3 Å². The normalized spacial score (nSPS) is 11.1. The van der Waals surface area contributed by atoms with Crippen LogP contribution in [0, 0.1) is 11.7 Å². The minimum atomic E-state index is -0.392. The molecule has 0 aliphatic rings. The van der Waals surface area contributed by atoms with Gasteiger partial charge in [0.15, 0.2) is 5.43 Å². The smallest absolute Gasteiger partial charge is 0.255 e. The van der Waals surface area contributed by atoms with E-state index in [1.54, 1.807) is 60.7 Å². The first kappa shape index (κ1) is 28.0. The summed E-state index contributed by atoms with van der Waals surface area (Å²) in [4.78, 5) is 43.4. The summed E-state index contributed by atoms with van der Waals surface area (Å²) in [6.45, 7) is 4.30. The van der Waals surface area contributed by atoms with E-state index in [4.69, 9.17) is 16.0 Å². The fraction of sp³-hybridized carbons (Fsp3) is 0.258. The van der Waals surface area contributed by atoms with Crippen molar-refractivity contribution in [3.05, 3.63) is 117 Å². The van der Waals surface area contributed by atoms with Crippen molar-refractivity contribution in [2.24, 2.45) is 5.92 Å². The second-order valence-electron chi connectivity index (χ2n) is 9.85. The van der Waals surface area contributed by atoms with Gasteiger partial charge in [-0.3, -0.25) is 14.4 Å². The number of halogens is 2. The number of nitrogens with zero attached hydrogens (tertiary/aromatic N) is 2. The van der Waals surface area contributed by atoms with Crippen LogP contribution >= 0.6 is 11.6 Å². The van der Waals surface area contributed by atoms with Crippen molar-refractivity contribution in [3.8, 4) is 0 Å². The lowest BCUT2D eigenvalue weighted by Gasteiger charge is -2.28. The van der Waals surface area contributed by atoms with E-state index < -0.39 is 5.82 Å². The standard InChI is InChI=1S/C31H30ClFN2O4/c1-21(2)15-16-34(31(38)25-7-3-5-9-27(25)32)19-29(36)35(17-22-11-13-24(33)14-12-22)18-23-20-39-28-10-6-4-8-26(28)30(23)37/h3-14,20-21H,15-19H2,1-2H3. The number of para-hydroxylation sites is 1. The van der Waals surface area contributed by atoms with E-state index in [0.717, 1.165) is 0 Å². The number of amides is 2. The second kappa shape index (κ2) is 12.7. The molecular formula is C31H30ClFN2O4. The maximum Gasteiger partial charge on any atom is 0.255 e. The highest BCUT2D eigenvalue weighted by molar-refractivity contribution is 6.33. The van der Waals surface area contributed by atoms with E-state index >= 15 is 0 Å². The molecule has 0 atom stereocenters. The Morgan fingerprint density at radius 3 is 2.33 bits per heavy atom. The molecule has 0 N–H and O–H groups in total. The zero-order valence-electron chi connectivity index (χ0n) is 21.9. The van der Waals surface area contributed by atoms with Crippen LogP contribution in [0.2, 0.25) is 5.02 Å². The molecule has 0 bridgehead atoms. The van der Waals surface area contributed by atoms with Crippen LogP contribution in [0.4, 0.5) is 4.39 Å². The lowest BCUT2D eigenvalue weighted by Crippen LogP contribution is -2.43. The summed E-state index contributed by atoms with van der Waals surface area (Å²) in [7, 11) is 0. The Morgan fingerprint density at radius 1 is 0.923 bits per heavy atom. The topological polar surface area (TPSA) is 70.8 Å². The highest BCUT2D eigenvalue weighted by Gasteiger charge is 2.25. The predicted octanol–water partition coefficient (Wildman–Crippen LogP) is 6.30. The van der Waals surface area contributed by atoms with Crippen molar-refractivity contribution in [3.63, 3.8) is 0 Å². The molecule has 4 aromatic rings. The minimum Gasteiger partial charge on any atom is -0.464 e. The first-order valence-electron chi connectivity index (χ1n) is 12.8. The molecule has 39 heavy (non-hydrogen) atoms. The molecule has 1 heterocycles. The van der Waals surface area contributed by atoms with Crippen molar-refractivity contribution in [1.29, 1.82) is 0 Å². The van der Waals surface area contributed by atoms with Crippen LogP contribution in [0.3, 0.4) is 0 Å².